The molecule has 0 atom stereocenters. The molecule has 0 bridgehead atoms. The lowest BCUT2D eigenvalue weighted by Crippen LogP contribution is -2.09. The highest BCUT2D eigenvalue weighted by Gasteiger charge is 2.10. The van der Waals surface area contributed by atoms with Crippen LogP contribution < -0.4 is 5.32 Å². The zero-order valence-electron chi connectivity index (χ0n) is 16.9. The molecule has 0 unspecified atom stereocenters. The molecule has 5 aromatic rings. The third-order valence-corrected chi connectivity index (χ3v) is 5.26. The van der Waals surface area contributed by atoms with Gasteiger partial charge in [-0.25, -0.2) is 9.97 Å². The fourth-order valence-electron chi connectivity index (χ4n) is 3.68. The van der Waals surface area contributed by atoms with E-state index in [2.05, 4.69) is 69.9 Å². The van der Waals surface area contributed by atoms with Crippen molar-refractivity contribution < 1.29 is 0 Å². The number of imidazole rings is 1. The SMILES string of the molecule is Cc1cc(-c2ccc3[nH]ncc3c2)cc(-n2ccnc2CNc2ccccc2C)n1. The minimum absolute atomic E-state index is 0.615. The molecule has 2 N–H and O–H groups in total. The second-order valence-corrected chi connectivity index (χ2v) is 7.41. The van der Waals surface area contributed by atoms with Crippen LogP contribution >= 0.6 is 0 Å². The van der Waals surface area contributed by atoms with Crippen LogP contribution in [0.25, 0.3) is 27.8 Å². The van der Waals surface area contributed by atoms with Gasteiger partial charge in [-0.3, -0.25) is 9.67 Å². The lowest BCUT2D eigenvalue weighted by Gasteiger charge is -2.13. The number of pyridine rings is 1. The van der Waals surface area contributed by atoms with Crippen LogP contribution in [-0.4, -0.2) is 24.7 Å². The van der Waals surface area contributed by atoms with E-state index in [4.69, 9.17) is 4.98 Å². The van der Waals surface area contributed by atoms with Crippen LogP contribution in [0.4, 0.5) is 5.69 Å². The monoisotopic (exact) mass is 394 g/mol. The molecule has 0 spiro atoms. The second-order valence-electron chi connectivity index (χ2n) is 7.41. The second kappa shape index (κ2) is 7.48. The maximum absolute atomic E-state index is 4.76. The highest BCUT2D eigenvalue weighted by atomic mass is 15.1. The predicted octanol–water partition coefficient (Wildman–Crippen LogP) is 5.04. The molecular weight excluding hydrogens is 372 g/mol. The third kappa shape index (κ3) is 3.43. The van der Waals surface area contributed by atoms with Crippen LogP contribution in [0.5, 0.6) is 0 Å². The lowest BCUT2D eigenvalue weighted by molar-refractivity contribution is 0.868. The first-order chi connectivity index (χ1) is 14.7. The van der Waals surface area contributed by atoms with E-state index in [0.29, 0.717) is 6.54 Å². The molecule has 0 aliphatic carbocycles. The zero-order chi connectivity index (χ0) is 20.5. The number of hydrogen-bond donors (Lipinski definition) is 2. The molecule has 0 fully saturated rings. The Labute approximate surface area is 174 Å². The van der Waals surface area contributed by atoms with Crippen molar-refractivity contribution >= 4 is 16.6 Å². The fraction of sp³-hybridized carbons (Fsp3) is 0.125. The summed E-state index contributed by atoms with van der Waals surface area (Å²) >= 11 is 0. The predicted molar refractivity (Wildman–Crippen MR) is 120 cm³/mol. The van der Waals surface area contributed by atoms with E-state index in [1.165, 1.54) is 5.56 Å². The van der Waals surface area contributed by atoms with Crippen LogP contribution in [0.3, 0.4) is 0 Å². The molecule has 3 heterocycles. The van der Waals surface area contributed by atoms with Crippen molar-refractivity contribution in [2.45, 2.75) is 20.4 Å². The van der Waals surface area contributed by atoms with Gasteiger partial charge >= 0.3 is 0 Å². The van der Waals surface area contributed by atoms with E-state index >= 15 is 0 Å². The Morgan fingerprint density at radius 1 is 1.00 bits per heavy atom. The highest BCUT2D eigenvalue weighted by Crippen LogP contribution is 2.26. The van der Waals surface area contributed by atoms with E-state index in [9.17, 15) is 0 Å². The average molecular weight is 394 g/mol. The van der Waals surface area contributed by atoms with E-state index < -0.39 is 0 Å². The number of benzene rings is 2. The Hall–Kier alpha value is -3.93. The summed E-state index contributed by atoms with van der Waals surface area (Å²) in [5.41, 5.74) is 6.56. The normalized spacial score (nSPS) is 11.1. The quantitative estimate of drug-likeness (QED) is 0.438. The minimum Gasteiger partial charge on any atom is -0.378 e. The molecule has 2 aromatic carbocycles. The molecule has 6 nitrogen and oxygen atoms in total. The average Bonchev–Trinajstić information content (AvgIpc) is 3.41. The van der Waals surface area contributed by atoms with Gasteiger partial charge in [0.25, 0.3) is 0 Å². The van der Waals surface area contributed by atoms with Crippen molar-refractivity contribution in [1.82, 2.24) is 24.7 Å². The Kier molecular flexibility index (Phi) is 4.52. The number of aromatic amines is 1. The molecule has 0 amide bonds. The van der Waals surface area contributed by atoms with Gasteiger partial charge in [0.1, 0.15) is 11.6 Å². The summed E-state index contributed by atoms with van der Waals surface area (Å²) in [4.78, 5) is 9.32. The summed E-state index contributed by atoms with van der Waals surface area (Å²) in [6.45, 7) is 4.73. The van der Waals surface area contributed by atoms with Crippen molar-refractivity contribution in [3.05, 3.63) is 90.3 Å². The van der Waals surface area contributed by atoms with Crippen LogP contribution in [0, 0.1) is 13.8 Å². The molecule has 0 saturated carbocycles. The molecular formula is C24H22N6. The Bertz CT molecular complexity index is 1330. The molecule has 30 heavy (non-hydrogen) atoms. The number of para-hydroxylation sites is 1. The molecule has 6 heteroatoms. The van der Waals surface area contributed by atoms with Crippen LogP contribution in [0.2, 0.25) is 0 Å². The first-order valence-corrected chi connectivity index (χ1v) is 9.92. The van der Waals surface area contributed by atoms with Crippen molar-refractivity contribution in [2.75, 3.05) is 5.32 Å². The van der Waals surface area contributed by atoms with E-state index in [0.717, 1.165) is 45.1 Å². The molecule has 3 aromatic heterocycles. The number of anilines is 1. The maximum Gasteiger partial charge on any atom is 0.138 e. The standard InChI is InChI=1S/C24H22N6/c1-16-5-3-4-6-21(16)26-15-24-25-9-10-30(24)23-13-19(11-17(2)28-23)18-7-8-22-20(12-18)14-27-29-22/h3-14,26H,15H2,1-2H3,(H,27,29). The summed E-state index contributed by atoms with van der Waals surface area (Å²) in [7, 11) is 0. The number of nitrogens with one attached hydrogen (secondary N) is 2. The number of aromatic nitrogens is 5. The van der Waals surface area contributed by atoms with Crippen LogP contribution in [0.1, 0.15) is 17.1 Å². The van der Waals surface area contributed by atoms with Crippen molar-refractivity contribution in [1.29, 1.82) is 0 Å². The Balaban J connectivity index is 1.48. The van der Waals surface area contributed by atoms with Crippen LogP contribution in [0.15, 0.2) is 73.2 Å². The highest BCUT2D eigenvalue weighted by molar-refractivity contribution is 5.84. The van der Waals surface area contributed by atoms with E-state index in [1.54, 1.807) is 0 Å². The Morgan fingerprint density at radius 2 is 1.90 bits per heavy atom. The summed E-state index contributed by atoms with van der Waals surface area (Å²) in [6, 6.07) is 18.8. The topological polar surface area (TPSA) is 71.4 Å². The van der Waals surface area contributed by atoms with E-state index in [-0.39, 0.29) is 0 Å². The fourth-order valence-corrected chi connectivity index (χ4v) is 3.68. The molecule has 0 radical (unpaired) electrons. The summed E-state index contributed by atoms with van der Waals surface area (Å²) in [6.07, 6.45) is 5.62. The number of nitrogens with zero attached hydrogens (tertiary/aromatic N) is 4. The number of hydrogen-bond acceptors (Lipinski definition) is 4. The minimum atomic E-state index is 0.615. The summed E-state index contributed by atoms with van der Waals surface area (Å²) in [5, 5.41) is 11.7. The van der Waals surface area contributed by atoms with Gasteiger partial charge in [0.15, 0.2) is 0 Å². The van der Waals surface area contributed by atoms with Gasteiger partial charge in [0, 0.05) is 29.2 Å². The van der Waals surface area contributed by atoms with E-state index in [1.807, 2.05) is 42.2 Å². The molecule has 5 rings (SSSR count). The van der Waals surface area contributed by atoms with Crippen molar-refractivity contribution in [3.8, 4) is 16.9 Å². The maximum atomic E-state index is 4.76. The van der Waals surface area contributed by atoms with Gasteiger partial charge in [-0.2, -0.15) is 5.10 Å². The van der Waals surface area contributed by atoms with Crippen LogP contribution in [-0.2, 0) is 6.54 Å². The third-order valence-electron chi connectivity index (χ3n) is 5.26. The largest absolute Gasteiger partial charge is 0.378 e. The number of rotatable bonds is 5. The molecule has 0 aliphatic heterocycles. The van der Waals surface area contributed by atoms with Crippen molar-refractivity contribution in [3.63, 3.8) is 0 Å². The van der Waals surface area contributed by atoms with Gasteiger partial charge in [0.2, 0.25) is 0 Å². The first-order valence-electron chi connectivity index (χ1n) is 9.92. The lowest BCUT2D eigenvalue weighted by atomic mass is 10.0. The summed E-state index contributed by atoms with van der Waals surface area (Å²) in [5.74, 6) is 1.77. The summed E-state index contributed by atoms with van der Waals surface area (Å²) < 4.78 is 2.04. The van der Waals surface area contributed by atoms with Gasteiger partial charge in [0.05, 0.1) is 18.3 Å². The molecule has 0 saturated heterocycles. The Morgan fingerprint density at radius 3 is 2.80 bits per heavy atom. The number of fused-ring (bicyclic) bond motifs is 1. The van der Waals surface area contributed by atoms with Crippen molar-refractivity contribution in [2.24, 2.45) is 0 Å². The number of H-pyrrole nitrogens is 1. The van der Waals surface area contributed by atoms with Gasteiger partial charge in [-0.1, -0.05) is 24.3 Å². The molecule has 0 aliphatic rings. The van der Waals surface area contributed by atoms with Gasteiger partial charge in [-0.15, -0.1) is 0 Å². The van der Waals surface area contributed by atoms with Gasteiger partial charge < -0.3 is 5.32 Å². The van der Waals surface area contributed by atoms with Gasteiger partial charge in [-0.05, 0) is 60.9 Å². The smallest absolute Gasteiger partial charge is 0.138 e. The molecule has 148 valence electrons. The number of aryl methyl sites for hydroxylation is 2. The first kappa shape index (κ1) is 18.1. The zero-order valence-corrected chi connectivity index (χ0v) is 16.9.